The summed E-state index contributed by atoms with van der Waals surface area (Å²) in [6, 6.07) is 5.59. The molecule has 0 unspecified atom stereocenters. The Labute approximate surface area is 130 Å². The van der Waals surface area contributed by atoms with E-state index >= 15 is 0 Å². The Bertz CT molecular complexity index is 502. The summed E-state index contributed by atoms with van der Waals surface area (Å²) < 4.78 is 5.29. The van der Waals surface area contributed by atoms with E-state index in [2.05, 4.69) is 5.32 Å². The summed E-state index contributed by atoms with van der Waals surface area (Å²) >= 11 is 1.51. The van der Waals surface area contributed by atoms with Crippen LogP contribution in [0.5, 0.6) is 5.75 Å². The average molecular weight is 309 g/mol. The van der Waals surface area contributed by atoms with Gasteiger partial charge < -0.3 is 10.1 Å². The van der Waals surface area contributed by atoms with Gasteiger partial charge in [0, 0.05) is 22.9 Å². The first kappa shape index (κ1) is 17.6. The van der Waals surface area contributed by atoms with Crippen LogP contribution in [-0.2, 0) is 10.5 Å². The van der Waals surface area contributed by atoms with Gasteiger partial charge in [0.25, 0.3) is 0 Å². The molecule has 0 saturated heterocycles. The maximum absolute atomic E-state index is 11.7. The first-order chi connectivity index (χ1) is 9.97. The predicted molar refractivity (Wildman–Crippen MR) is 87.1 cm³/mol. The number of benzene rings is 1. The number of hydrogen-bond acceptors (Lipinski definition) is 4. The fraction of sp³-hybridized carbons (Fsp3) is 0.500. The van der Waals surface area contributed by atoms with Crippen LogP contribution in [0.15, 0.2) is 18.2 Å². The van der Waals surface area contributed by atoms with Crippen molar-refractivity contribution >= 4 is 23.5 Å². The molecule has 116 valence electrons. The van der Waals surface area contributed by atoms with Crippen molar-refractivity contribution in [2.45, 2.75) is 39.0 Å². The second-order valence-corrected chi connectivity index (χ2v) is 5.94. The van der Waals surface area contributed by atoms with Gasteiger partial charge in [-0.2, -0.15) is 0 Å². The number of carbonyl (C=O) groups excluding carboxylic acids is 2. The van der Waals surface area contributed by atoms with Crippen LogP contribution in [0.25, 0.3) is 0 Å². The number of amides is 1. The molecule has 0 fully saturated rings. The van der Waals surface area contributed by atoms with Crippen molar-refractivity contribution < 1.29 is 14.3 Å². The van der Waals surface area contributed by atoms with Gasteiger partial charge in [-0.15, -0.1) is 11.8 Å². The monoisotopic (exact) mass is 309 g/mol. The van der Waals surface area contributed by atoms with E-state index in [9.17, 15) is 9.59 Å². The van der Waals surface area contributed by atoms with Crippen molar-refractivity contribution in [2.75, 3.05) is 12.9 Å². The first-order valence-electron chi connectivity index (χ1n) is 7.02. The van der Waals surface area contributed by atoms with E-state index in [1.54, 1.807) is 19.2 Å². The van der Waals surface area contributed by atoms with Crippen LogP contribution in [-0.4, -0.2) is 30.6 Å². The standard InChI is InChI=1S/C16H23NO3S/c1-5-11(2)17-16(19)10-21-9-14-8-13(12(3)18)6-7-15(14)20-4/h6-8,11H,5,9-10H2,1-4H3,(H,17,19)/t11-/m0/s1. The first-order valence-corrected chi connectivity index (χ1v) is 8.18. The minimum absolute atomic E-state index is 0.0263. The van der Waals surface area contributed by atoms with E-state index in [-0.39, 0.29) is 17.7 Å². The van der Waals surface area contributed by atoms with Gasteiger partial charge in [0.2, 0.25) is 5.91 Å². The second kappa shape index (κ2) is 8.72. The number of rotatable bonds is 8. The lowest BCUT2D eigenvalue weighted by Gasteiger charge is -2.12. The van der Waals surface area contributed by atoms with E-state index in [0.717, 1.165) is 17.7 Å². The van der Waals surface area contributed by atoms with Crippen LogP contribution < -0.4 is 10.1 Å². The van der Waals surface area contributed by atoms with Gasteiger partial charge in [-0.05, 0) is 38.5 Å². The smallest absolute Gasteiger partial charge is 0.230 e. The number of nitrogens with one attached hydrogen (secondary N) is 1. The molecule has 1 aromatic carbocycles. The van der Waals surface area contributed by atoms with Crippen molar-refractivity contribution in [3.63, 3.8) is 0 Å². The lowest BCUT2D eigenvalue weighted by atomic mass is 10.1. The Morgan fingerprint density at radius 3 is 2.67 bits per heavy atom. The molecule has 0 radical (unpaired) electrons. The molecular weight excluding hydrogens is 286 g/mol. The Hall–Kier alpha value is -1.49. The second-order valence-electron chi connectivity index (χ2n) is 4.95. The zero-order valence-corrected chi connectivity index (χ0v) is 13.9. The SMILES string of the molecule is CC[C@H](C)NC(=O)CSCc1cc(C(C)=O)ccc1OC. The van der Waals surface area contributed by atoms with E-state index in [1.807, 2.05) is 19.9 Å². The fourth-order valence-corrected chi connectivity index (χ4v) is 2.60. The molecule has 1 aromatic rings. The van der Waals surface area contributed by atoms with Crippen LogP contribution in [0.3, 0.4) is 0 Å². The molecule has 1 rings (SSSR count). The predicted octanol–water partition coefficient (Wildman–Crippen LogP) is 3.05. The quantitative estimate of drug-likeness (QED) is 0.750. The third kappa shape index (κ3) is 5.79. The van der Waals surface area contributed by atoms with Gasteiger partial charge in [-0.1, -0.05) is 6.92 Å². The molecule has 0 aliphatic rings. The normalized spacial score (nSPS) is 11.8. The molecule has 4 nitrogen and oxygen atoms in total. The molecule has 0 aromatic heterocycles. The Morgan fingerprint density at radius 2 is 2.10 bits per heavy atom. The third-order valence-corrected chi connectivity index (χ3v) is 4.18. The van der Waals surface area contributed by atoms with Crippen molar-refractivity contribution in [1.82, 2.24) is 5.32 Å². The van der Waals surface area contributed by atoms with E-state index in [0.29, 0.717) is 17.1 Å². The van der Waals surface area contributed by atoms with E-state index in [4.69, 9.17) is 4.74 Å². The minimum atomic E-state index is 0.0263. The number of ether oxygens (including phenoxy) is 1. The van der Waals surface area contributed by atoms with E-state index in [1.165, 1.54) is 18.7 Å². The van der Waals surface area contributed by atoms with Crippen molar-refractivity contribution in [3.8, 4) is 5.75 Å². The van der Waals surface area contributed by atoms with Crippen LogP contribution in [0, 0.1) is 0 Å². The molecule has 0 bridgehead atoms. The number of carbonyl (C=O) groups is 2. The summed E-state index contributed by atoms with van der Waals surface area (Å²) in [7, 11) is 1.60. The minimum Gasteiger partial charge on any atom is -0.496 e. The number of ketones is 1. The Kier molecular flexibility index (Phi) is 7.29. The van der Waals surface area contributed by atoms with Crippen LogP contribution in [0.4, 0.5) is 0 Å². The zero-order valence-electron chi connectivity index (χ0n) is 13.1. The molecule has 1 amide bonds. The van der Waals surface area contributed by atoms with Crippen LogP contribution in [0.2, 0.25) is 0 Å². The maximum atomic E-state index is 11.7. The van der Waals surface area contributed by atoms with Crippen molar-refractivity contribution in [1.29, 1.82) is 0 Å². The number of hydrogen-bond donors (Lipinski definition) is 1. The Morgan fingerprint density at radius 1 is 1.38 bits per heavy atom. The van der Waals surface area contributed by atoms with Gasteiger partial charge in [-0.3, -0.25) is 9.59 Å². The van der Waals surface area contributed by atoms with Crippen LogP contribution in [0.1, 0.15) is 43.1 Å². The van der Waals surface area contributed by atoms with E-state index < -0.39 is 0 Å². The van der Waals surface area contributed by atoms with Gasteiger partial charge >= 0.3 is 0 Å². The highest BCUT2D eigenvalue weighted by Gasteiger charge is 2.09. The fourth-order valence-electron chi connectivity index (χ4n) is 1.78. The molecular formula is C16H23NO3S. The molecule has 0 heterocycles. The zero-order chi connectivity index (χ0) is 15.8. The molecule has 5 heteroatoms. The molecule has 1 atom stereocenters. The summed E-state index contributed by atoms with van der Waals surface area (Å²) in [6.07, 6.45) is 0.922. The molecule has 21 heavy (non-hydrogen) atoms. The topological polar surface area (TPSA) is 55.4 Å². The lowest BCUT2D eigenvalue weighted by molar-refractivity contribution is -0.119. The molecule has 0 saturated carbocycles. The Balaban J connectivity index is 2.60. The molecule has 0 aliphatic heterocycles. The number of methoxy groups -OCH3 is 1. The van der Waals surface area contributed by atoms with Gasteiger partial charge in [0.05, 0.1) is 12.9 Å². The molecule has 0 spiro atoms. The largest absolute Gasteiger partial charge is 0.496 e. The summed E-state index contributed by atoms with van der Waals surface area (Å²) in [5.74, 6) is 1.85. The van der Waals surface area contributed by atoms with Gasteiger partial charge in [-0.25, -0.2) is 0 Å². The highest BCUT2D eigenvalue weighted by atomic mass is 32.2. The van der Waals surface area contributed by atoms with Crippen LogP contribution >= 0.6 is 11.8 Å². The average Bonchev–Trinajstić information content (AvgIpc) is 2.46. The number of thioether (sulfide) groups is 1. The summed E-state index contributed by atoms with van der Waals surface area (Å²) in [5, 5.41) is 2.93. The lowest BCUT2D eigenvalue weighted by Crippen LogP contribution is -2.33. The van der Waals surface area contributed by atoms with Gasteiger partial charge in [0.15, 0.2) is 5.78 Å². The highest BCUT2D eigenvalue weighted by molar-refractivity contribution is 7.99. The highest BCUT2D eigenvalue weighted by Crippen LogP contribution is 2.24. The van der Waals surface area contributed by atoms with Crippen molar-refractivity contribution in [3.05, 3.63) is 29.3 Å². The third-order valence-electron chi connectivity index (χ3n) is 3.20. The molecule has 0 aliphatic carbocycles. The van der Waals surface area contributed by atoms with Gasteiger partial charge in [0.1, 0.15) is 5.75 Å². The van der Waals surface area contributed by atoms with Crippen molar-refractivity contribution in [2.24, 2.45) is 0 Å². The number of Topliss-reactive ketones (excluding diaryl/α,β-unsaturated/α-hetero) is 1. The maximum Gasteiger partial charge on any atom is 0.230 e. The molecule has 1 N–H and O–H groups in total. The summed E-state index contributed by atoms with van der Waals surface area (Å²) in [4.78, 5) is 23.1. The summed E-state index contributed by atoms with van der Waals surface area (Å²) in [5.41, 5.74) is 1.60. The summed E-state index contributed by atoms with van der Waals surface area (Å²) in [6.45, 7) is 5.57.